The van der Waals surface area contributed by atoms with Crippen LogP contribution in [0.2, 0.25) is 0 Å². The highest BCUT2D eigenvalue weighted by atomic mass is 16.5. The lowest BCUT2D eigenvalue weighted by atomic mass is 9.32. The minimum Gasteiger partial charge on any atom is -0.497 e. The van der Waals surface area contributed by atoms with Crippen molar-refractivity contribution in [1.82, 2.24) is 5.32 Å². The first-order chi connectivity index (χ1) is 22.8. The Hall–Kier alpha value is -3.08. The second-order valence-corrected chi connectivity index (χ2v) is 17.6. The molecule has 2 aromatic carbocycles. The average Bonchev–Trinajstić information content (AvgIpc) is 3.51. The van der Waals surface area contributed by atoms with E-state index in [9.17, 15) is 14.7 Å². The van der Waals surface area contributed by atoms with E-state index in [0.29, 0.717) is 41.7 Å². The van der Waals surface area contributed by atoms with E-state index >= 15 is 0 Å². The van der Waals surface area contributed by atoms with Crippen molar-refractivity contribution in [3.05, 3.63) is 71.3 Å². The van der Waals surface area contributed by atoms with E-state index < -0.39 is 5.97 Å². The summed E-state index contributed by atoms with van der Waals surface area (Å²) >= 11 is 0. The molecule has 5 nitrogen and oxygen atoms in total. The van der Waals surface area contributed by atoms with Gasteiger partial charge >= 0.3 is 5.97 Å². The Balaban J connectivity index is 1.11. The maximum atomic E-state index is 14.2. The van der Waals surface area contributed by atoms with Crippen LogP contribution in [0, 0.1) is 50.7 Å². The fraction of sp³-hybridized carbons (Fsp3) is 0.628. The first-order valence-electron chi connectivity index (χ1n) is 18.8. The second kappa shape index (κ2) is 11.8. The van der Waals surface area contributed by atoms with Crippen LogP contribution in [0.5, 0.6) is 5.75 Å². The van der Waals surface area contributed by atoms with Crippen LogP contribution >= 0.6 is 0 Å². The topological polar surface area (TPSA) is 75.6 Å². The lowest BCUT2D eigenvalue weighted by Crippen LogP contribution is -2.65. The number of ether oxygens (including phenoxy) is 1. The fourth-order valence-corrected chi connectivity index (χ4v) is 13.1. The monoisotopic (exact) mass is 651 g/mol. The van der Waals surface area contributed by atoms with Crippen LogP contribution in [0.15, 0.2) is 54.6 Å². The average molecular weight is 652 g/mol. The van der Waals surface area contributed by atoms with Gasteiger partial charge in [-0.25, -0.2) is 4.79 Å². The van der Waals surface area contributed by atoms with E-state index in [1.807, 2.05) is 24.3 Å². The minimum absolute atomic E-state index is 0.00784. The van der Waals surface area contributed by atoms with Crippen LogP contribution in [0.3, 0.4) is 0 Å². The third kappa shape index (κ3) is 4.83. The number of benzene rings is 2. The molecule has 0 bridgehead atoms. The van der Waals surface area contributed by atoms with Crippen LogP contribution < -0.4 is 10.1 Å². The number of fused-ring (bicyclic) bond motifs is 7. The molecule has 258 valence electrons. The van der Waals surface area contributed by atoms with Crippen molar-refractivity contribution < 1.29 is 19.4 Å². The zero-order valence-electron chi connectivity index (χ0n) is 30.2. The van der Waals surface area contributed by atoms with Crippen molar-refractivity contribution in [3.63, 3.8) is 0 Å². The molecule has 2 N–H and O–H groups in total. The molecule has 0 spiro atoms. The van der Waals surface area contributed by atoms with Crippen molar-refractivity contribution in [2.75, 3.05) is 13.7 Å². The van der Waals surface area contributed by atoms with E-state index in [1.54, 1.807) is 19.2 Å². The number of hydrogen-bond acceptors (Lipinski definition) is 3. The highest BCUT2D eigenvalue weighted by Crippen LogP contribution is 2.77. The lowest BCUT2D eigenvalue weighted by Gasteiger charge is -2.72. The van der Waals surface area contributed by atoms with Gasteiger partial charge in [-0.2, -0.15) is 0 Å². The molecule has 0 aromatic heterocycles. The van der Waals surface area contributed by atoms with Crippen molar-refractivity contribution in [2.45, 2.75) is 105 Å². The van der Waals surface area contributed by atoms with Crippen LogP contribution in [0.1, 0.15) is 120 Å². The molecule has 0 heterocycles. The third-order valence-electron chi connectivity index (χ3n) is 15.7. The normalized spacial score (nSPS) is 38.0. The standard InChI is InChI=1S/C43H57NO4/c1-39(2)32(29-11-13-30(14-12-29)37(45)46)19-23-40(3)35(39)20-24-42(5)36(40)18-17-33-34-8-7-22-43(34,26-25-41(33,42)4)38(47)44-27-21-28-9-15-31(48-6)16-10-28/h9-16,19,33-36H,7-8,17-18,20-27H2,1-6H3,(H,44,47)(H,45,46)/t33?,34?,35?,36?,40?,41-,42?,43?/m1/s1. The zero-order chi connectivity index (χ0) is 34.1. The van der Waals surface area contributed by atoms with Crippen molar-refractivity contribution >= 4 is 17.4 Å². The summed E-state index contributed by atoms with van der Waals surface area (Å²) in [6, 6.07) is 15.8. The van der Waals surface area contributed by atoms with Gasteiger partial charge < -0.3 is 15.2 Å². The molecule has 0 aliphatic heterocycles. The Morgan fingerprint density at radius 3 is 2.23 bits per heavy atom. The van der Waals surface area contributed by atoms with E-state index in [0.717, 1.165) is 37.9 Å². The number of aromatic carboxylic acids is 1. The van der Waals surface area contributed by atoms with Gasteiger partial charge in [-0.3, -0.25) is 4.79 Å². The number of hydrogen-bond donors (Lipinski definition) is 2. The summed E-state index contributed by atoms with van der Waals surface area (Å²) < 4.78 is 5.31. The first-order valence-corrected chi connectivity index (χ1v) is 18.8. The maximum absolute atomic E-state index is 14.2. The molecule has 48 heavy (non-hydrogen) atoms. The molecule has 0 saturated heterocycles. The molecule has 7 unspecified atom stereocenters. The molecule has 4 saturated carbocycles. The van der Waals surface area contributed by atoms with Crippen LogP contribution in [0.25, 0.3) is 5.57 Å². The number of nitrogens with one attached hydrogen (secondary N) is 1. The Morgan fingerprint density at radius 1 is 0.812 bits per heavy atom. The second-order valence-electron chi connectivity index (χ2n) is 17.6. The molecule has 1 amide bonds. The van der Waals surface area contributed by atoms with Crippen molar-refractivity contribution in [1.29, 1.82) is 0 Å². The third-order valence-corrected chi connectivity index (χ3v) is 15.7. The summed E-state index contributed by atoms with van der Waals surface area (Å²) in [5, 5.41) is 12.9. The maximum Gasteiger partial charge on any atom is 0.335 e. The quantitative estimate of drug-likeness (QED) is 0.313. The summed E-state index contributed by atoms with van der Waals surface area (Å²) in [4.78, 5) is 25.7. The molecule has 8 atom stereocenters. The highest BCUT2D eigenvalue weighted by Gasteiger charge is 2.70. The number of carbonyl (C=O) groups excluding carboxylic acids is 1. The van der Waals surface area contributed by atoms with Gasteiger partial charge in [0, 0.05) is 6.54 Å². The molecule has 5 heteroatoms. The highest BCUT2D eigenvalue weighted by molar-refractivity contribution is 5.88. The molecular formula is C43H57NO4. The summed E-state index contributed by atoms with van der Waals surface area (Å²) in [6.07, 6.45) is 15.1. The number of amides is 1. The predicted molar refractivity (Wildman–Crippen MR) is 192 cm³/mol. The number of methoxy groups -OCH3 is 1. The molecular weight excluding hydrogens is 594 g/mol. The fourth-order valence-electron chi connectivity index (χ4n) is 13.1. The van der Waals surface area contributed by atoms with Crippen LogP contribution in [0.4, 0.5) is 0 Å². The summed E-state index contributed by atoms with van der Waals surface area (Å²) in [7, 11) is 1.69. The predicted octanol–water partition coefficient (Wildman–Crippen LogP) is 9.60. The Labute approximate surface area is 288 Å². The Kier molecular flexibility index (Phi) is 8.19. The molecule has 0 radical (unpaired) electrons. The Bertz CT molecular complexity index is 1590. The molecule has 4 fully saturated rings. The molecule has 5 aliphatic rings. The first kappa shape index (κ1) is 33.4. The van der Waals surface area contributed by atoms with Gasteiger partial charge in [0.1, 0.15) is 5.75 Å². The summed E-state index contributed by atoms with van der Waals surface area (Å²) in [6.45, 7) is 13.5. The number of allylic oxidation sites excluding steroid dienone is 2. The van der Waals surface area contributed by atoms with Gasteiger partial charge in [0.05, 0.1) is 18.1 Å². The number of carboxylic acids is 1. The van der Waals surface area contributed by atoms with Gasteiger partial charge in [-0.05, 0) is 151 Å². The van der Waals surface area contributed by atoms with E-state index in [4.69, 9.17) is 4.74 Å². The van der Waals surface area contributed by atoms with Crippen molar-refractivity contribution in [3.8, 4) is 5.75 Å². The molecule has 2 aromatic rings. The van der Waals surface area contributed by atoms with Gasteiger partial charge in [0.25, 0.3) is 0 Å². The number of carbonyl (C=O) groups is 2. The van der Waals surface area contributed by atoms with Gasteiger partial charge in [-0.15, -0.1) is 0 Å². The smallest absolute Gasteiger partial charge is 0.335 e. The van der Waals surface area contributed by atoms with E-state index in [1.165, 1.54) is 55.2 Å². The zero-order valence-corrected chi connectivity index (χ0v) is 30.2. The van der Waals surface area contributed by atoms with E-state index in [2.05, 4.69) is 58.1 Å². The van der Waals surface area contributed by atoms with Gasteiger partial charge in [-0.1, -0.05) is 71.4 Å². The SMILES string of the molecule is COc1ccc(CCNC(=O)C23CCCC2C2CCC4C5(C)CC=C(c6ccc(C(=O)O)cc6)C(C)(C)C5CCC4(C)[C@]2(C)CC3)cc1. The van der Waals surface area contributed by atoms with E-state index in [-0.39, 0.29) is 27.1 Å². The summed E-state index contributed by atoms with van der Waals surface area (Å²) in [5.41, 5.74) is 4.66. The minimum atomic E-state index is -0.871. The van der Waals surface area contributed by atoms with Gasteiger partial charge in [0.2, 0.25) is 5.91 Å². The van der Waals surface area contributed by atoms with Crippen LogP contribution in [-0.2, 0) is 11.2 Å². The summed E-state index contributed by atoms with van der Waals surface area (Å²) in [5.74, 6) is 2.65. The van der Waals surface area contributed by atoms with Crippen molar-refractivity contribution in [2.24, 2.45) is 50.7 Å². The molecule has 5 aliphatic carbocycles. The largest absolute Gasteiger partial charge is 0.497 e. The lowest BCUT2D eigenvalue weighted by molar-refractivity contribution is -0.222. The number of carboxylic acid groups (broad SMARTS) is 1. The number of rotatable bonds is 7. The molecule has 7 rings (SSSR count). The van der Waals surface area contributed by atoms with Gasteiger partial charge in [0.15, 0.2) is 0 Å². The Morgan fingerprint density at radius 2 is 1.54 bits per heavy atom. The van der Waals surface area contributed by atoms with Crippen LogP contribution in [-0.4, -0.2) is 30.6 Å².